The summed E-state index contributed by atoms with van der Waals surface area (Å²) in [4.78, 5) is 32.8. The van der Waals surface area contributed by atoms with E-state index in [0.29, 0.717) is 42.8 Å². The summed E-state index contributed by atoms with van der Waals surface area (Å²) in [7, 11) is 0. The van der Waals surface area contributed by atoms with Crippen LogP contribution < -0.4 is 9.64 Å². The number of hydrogen-bond acceptors (Lipinski definition) is 7. The molecule has 35 heavy (non-hydrogen) atoms. The minimum Gasteiger partial charge on any atom is -0.468 e. The number of benzene rings is 2. The summed E-state index contributed by atoms with van der Waals surface area (Å²) in [6.45, 7) is 3.78. The number of pyridine rings is 1. The molecule has 2 aromatic heterocycles. The van der Waals surface area contributed by atoms with Crippen molar-refractivity contribution in [3.8, 4) is 5.88 Å². The van der Waals surface area contributed by atoms with Gasteiger partial charge < -0.3 is 19.0 Å². The lowest BCUT2D eigenvalue weighted by molar-refractivity contribution is -0.385. The number of hydrogen-bond donors (Lipinski definition) is 0. The molecule has 0 saturated carbocycles. The molecule has 0 spiro atoms. The molecule has 9 heteroatoms. The van der Waals surface area contributed by atoms with Gasteiger partial charge in [0.15, 0.2) is 5.76 Å². The largest absolute Gasteiger partial charge is 0.468 e. The fraction of sp³-hybridized carbons (Fsp3) is 0.231. The van der Waals surface area contributed by atoms with Crippen molar-refractivity contribution >= 4 is 28.2 Å². The summed E-state index contributed by atoms with van der Waals surface area (Å²) in [5, 5.41) is 13.0. The van der Waals surface area contributed by atoms with Gasteiger partial charge in [-0.25, -0.2) is 4.98 Å². The molecule has 5 rings (SSSR count). The van der Waals surface area contributed by atoms with Crippen LogP contribution in [0.2, 0.25) is 0 Å². The van der Waals surface area contributed by atoms with Crippen LogP contribution in [0, 0.1) is 17.0 Å². The number of ether oxygens (including phenoxy) is 1. The first-order valence-electron chi connectivity index (χ1n) is 11.3. The number of amides is 1. The molecule has 0 unspecified atom stereocenters. The molecule has 9 nitrogen and oxygen atoms in total. The molecule has 0 radical (unpaired) electrons. The van der Waals surface area contributed by atoms with Crippen molar-refractivity contribution in [3.05, 3.63) is 93.9 Å². The number of furan rings is 1. The van der Waals surface area contributed by atoms with Crippen molar-refractivity contribution in [1.29, 1.82) is 0 Å². The van der Waals surface area contributed by atoms with Crippen LogP contribution in [0.25, 0.3) is 10.9 Å². The van der Waals surface area contributed by atoms with E-state index >= 15 is 0 Å². The molecule has 3 heterocycles. The smallest absolute Gasteiger partial charge is 0.354 e. The predicted molar refractivity (Wildman–Crippen MR) is 131 cm³/mol. The van der Waals surface area contributed by atoms with Gasteiger partial charge in [0.05, 0.1) is 16.7 Å². The molecular weight excluding hydrogens is 448 g/mol. The molecule has 2 aromatic carbocycles. The van der Waals surface area contributed by atoms with Gasteiger partial charge in [0.2, 0.25) is 0 Å². The Balaban J connectivity index is 1.50. The van der Waals surface area contributed by atoms with Crippen LogP contribution in [0.5, 0.6) is 5.88 Å². The van der Waals surface area contributed by atoms with Gasteiger partial charge in [-0.1, -0.05) is 42.0 Å². The Morgan fingerprint density at radius 3 is 2.54 bits per heavy atom. The molecular formula is C26H24N4O5. The number of rotatable bonds is 6. The first kappa shape index (κ1) is 22.4. The number of nitrogens with zero attached hydrogens (tertiary/aromatic N) is 4. The van der Waals surface area contributed by atoms with E-state index in [1.165, 1.54) is 6.26 Å². The van der Waals surface area contributed by atoms with E-state index in [4.69, 9.17) is 9.15 Å². The van der Waals surface area contributed by atoms with Crippen LogP contribution >= 0.6 is 0 Å². The third kappa shape index (κ3) is 4.52. The number of piperazine rings is 1. The quantitative estimate of drug-likeness (QED) is 0.299. The average molecular weight is 473 g/mol. The summed E-state index contributed by atoms with van der Waals surface area (Å²) >= 11 is 0. The van der Waals surface area contributed by atoms with E-state index in [1.807, 2.05) is 60.4 Å². The van der Waals surface area contributed by atoms with E-state index < -0.39 is 4.92 Å². The lowest BCUT2D eigenvalue weighted by Crippen LogP contribution is -2.49. The molecule has 1 fully saturated rings. The van der Waals surface area contributed by atoms with Gasteiger partial charge in [0.25, 0.3) is 11.8 Å². The number of carbonyl (C=O) groups excluding carboxylic acids is 1. The van der Waals surface area contributed by atoms with E-state index in [0.717, 1.165) is 11.1 Å². The van der Waals surface area contributed by atoms with Gasteiger partial charge in [-0.05, 0) is 36.8 Å². The van der Waals surface area contributed by atoms with Crippen LogP contribution in [-0.2, 0) is 6.61 Å². The van der Waals surface area contributed by atoms with Gasteiger partial charge >= 0.3 is 5.69 Å². The van der Waals surface area contributed by atoms with Crippen LogP contribution in [0.15, 0.2) is 71.3 Å². The molecule has 4 aromatic rings. The van der Waals surface area contributed by atoms with Crippen molar-refractivity contribution in [2.24, 2.45) is 0 Å². The maximum atomic E-state index is 12.7. The molecule has 1 amide bonds. The standard InChI is InChI=1S/C26H24N4O5/c1-18-9-10-21-20(16-18)23(28-11-13-29(14-12-28)26(31)22-8-5-15-34-22)24(30(32)33)25(27-21)35-17-19-6-3-2-4-7-19/h2-10,15-16H,11-14,17H2,1H3. The Morgan fingerprint density at radius 1 is 1.09 bits per heavy atom. The fourth-order valence-electron chi connectivity index (χ4n) is 4.33. The highest BCUT2D eigenvalue weighted by Crippen LogP contribution is 2.42. The predicted octanol–water partition coefficient (Wildman–Crippen LogP) is 4.59. The fourth-order valence-corrected chi connectivity index (χ4v) is 4.33. The molecule has 0 aliphatic carbocycles. The third-order valence-corrected chi connectivity index (χ3v) is 6.07. The molecule has 0 atom stereocenters. The van der Waals surface area contributed by atoms with Gasteiger partial charge in [-0.15, -0.1) is 0 Å². The van der Waals surface area contributed by atoms with Crippen molar-refractivity contribution in [3.63, 3.8) is 0 Å². The zero-order valence-electron chi connectivity index (χ0n) is 19.2. The second-order valence-electron chi connectivity index (χ2n) is 8.42. The Morgan fingerprint density at radius 2 is 1.86 bits per heavy atom. The number of anilines is 1. The van der Waals surface area contributed by atoms with Crippen LogP contribution in [0.1, 0.15) is 21.7 Å². The van der Waals surface area contributed by atoms with Crippen LogP contribution in [0.4, 0.5) is 11.4 Å². The topological polar surface area (TPSA) is 102 Å². The van der Waals surface area contributed by atoms with E-state index in [1.54, 1.807) is 17.0 Å². The Kier molecular flexibility index (Phi) is 6.05. The summed E-state index contributed by atoms with van der Waals surface area (Å²) in [6.07, 6.45) is 1.47. The minimum absolute atomic E-state index is 0.0145. The van der Waals surface area contributed by atoms with E-state index in [2.05, 4.69) is 4.98 Å². The highest BCUT2D eigenvalue weighted by atomic mass is 16.6. The lowest BCUT2D eigenvalue weighted by atomic mass is 10.1. The summed E-state index contributed by atoms with van der Waals surface area (Å²) in [5.41, 5.74) is 2.79. The van der Waals surface area contributed by atoms with Crippen LogP contribution in [-0.4, -0.2) is 46.9 Å². The number of nitro groups is 1. The monoisotopic (exact) mass is 472 g/mol. The Bertz CT molecular complexity index is 1360. The number of carbonyl (C=O) groups is 1. The highest BCUT2D eigenvalue weighted by molar-refractivity contribution is 5.99. The molecule has 1 aliphatic heterocycles. The summed E-state index contributed by atoms with van der Waals surface area (Å²) < 4.78 is 11.1. The zero-order valence-corrected chi connectivity index (χ0v) is 19.2. The van der Waals surface area contributed by atoms with Crippen molar-refractivity contribution in [2.45, 2.75) is 13.5 Å². The normalized spacial score (nSPS) is 13.7. The van der Waals surface area contributed by atoms with E-state index in [-0.39, 0.29) is 29.8 Å². The van der Waals surface area contributed by atoms with Gasteiger partial charge in [0, 0.05) is 31.6 Å². The summed E-state index contributed by atoms with van der Waals surface area (Å²) in [5.74, 6) is 0.0803. The van der Waals surface area contributed by atoms with E-state index in [9.17, 15) is 14.9 Å². The number of aryl methyl sites for hydroxylation is 1. The average Bonchev–Trinajstić information content (AvgIpc) is 3.42. The number of aromatic nitrogens is 1. The maximum absolute atomic E-state index is 12.7. The van der Waals surface area contributed by atoms with Crippen molar-refractivity contribution < 1.29 is 18.9 Å². The molecule has 0 bridgehead atoms. The first-order valence-corrected chi connectivity index (χ1v) is 11.3. The molecule has 1 aliphatic rings. The third-order valence-electron chi connectivity index (χ3n) is 6.07. The lowest BCUT2D eigenvalue weighted by Gasteiger charge is -2.36. The van der Waals surface area contributed by atoms with Gasteiger partial charge in [-0.3, -0.25) is 14.9 Å². The molecule has 178 valence electrons. The van der Waals surface area contributed by atoms with Gasteiger partial charge in [-0.2, -0.15) is 0 Å². The Labute approximate surface area is 201 Å². The van der Waals surface area contributed by atoms with Crippen LogP contribution in [0.3, 0.4) is 0 Å². The summed E-state index contributed by atoms with van der Waals surface area (Å²) in [6, 6.07) is 18.5. The van der Waals surface area contributed by atoms with Gasteiger partial charge in [0.1, 0.15) is 12.3 Å². The second-order valence-corrected chi connectivity index (χ2v) is 8.42. The second kappa shape index (κ2) is 9.46. The molecule has 0 N–H and O–H groups in total. The Hall–Kier alpha value is -4.40. The molecule has 1 saturated heterocycles. The SMILES string of the molecule is Cc1ccc2nc(OCc3ccccc3)c([N+](=O)[O-])c(N3CCN(C(=O)c4ccco4)CC3)c2c1. The minimum atomic E-state index is -0.426. The zero-order chi connectivity index (χ0) is 24.4. The maximum Gasteiger partial charge on any atom is 0.354 e. The van der Waals surface area contributed by atoms with Crippen molar-refractivity contribution in [2.75, 3.05) is 31.1 Å². The van der Waals surface area contributed by atoms with Crippen molar-refractivity contribution in [1.82, 2.24) is 9.88 Å². The number of fused-ring (bicyclic) bond motifs is 1. The first-order chi connectivity index (χ1) is 17.0. The highest BCUT2D eigenvalue weighted by Gasteiger charge is 2.33.